The van der Waals surface area contributed by atoms with Gasteiger partial charge in [0, 0.05) is 6.04 Å². The van der Waals surface area contributed by atoms with Gasteiger partial charge in [0.15, 0.2) is 0 Å². The highest BCUT2D eigenvalue weighted by Crippen LogP contribution is 2.24. The summed E-state index contributed by atoms with van der Waals surface area (Å²) in [7, 11) is 0. The molecular weight excluding hydrogens is 210 g/mol. The van der Waals surface area contributed by atoms with E-state index in [1.807, 2.05) is 0 Å². The molecule has 0 aliphatic heterocycles. The largest absolute Gasteiger partial charge is 0.490 e. The van der Waals surface area contributed by atoms with E-state index >= 15 is 0 Å². The predicted octanol–water partition coefficient (Wildman–Crippen LogP) is 3.29. The van der Waals surface area contributed by atoms with Crippen molar-refractivity contribution in [3.63, 3.8) is 0 Å². The van der Waals surface area contributed by atoms with E-state index in [1.54, 1.807) is 0 Å². The Morgan fingerprint density at radius 3 is 2.47 bits per heavy atom. The van der Waals surface area contributed by atoms with Crippen LogP contribution in [-0.4, -0.2) is 12.1 Å². The van der Waals surface area contributed by atoms with Gasteiger partial charge in [-0.1, -0.05) is 12.1 Å². The highest BCUT2D eigenvalue weighted by molar-refractivity contribution is 5.27. The number of ether oxygens (including phenoxy) is 1. The van der Waals surface area contributed by atoms with Crippen LogP contribution in [-0.2, 0) is 6.42 Å². The van der Waals surface area contributed by atoms with Crippen LogP contribution in [0.5, 0.6) is 5.75 Å². The fraction of sp³-hybridized carbons (Fsp3) is 0.600. The third-order valence-electron chi connectivity index (χ3n) is 3.42. The van der Waals surface area contributed by atoms with Gasteiger partial charge in [-0.25, -0.2) is 0 Å². The zero-order valence-corrected chi connectivity index (χ0v) is 10.7. The molecule has 2 heteroatoms. The average molecular weight is 233 g/mol. The first-order valence-corrected chi connectivity index (χ1v) is 6.75. The third kappa shape index (κ3) is 4.04. The first kappa shape index (κ1) is 12.4. The highest BCUT2D eigenvalue weighted by atomic mass is 16.5. The van der Waals surface area contributed by atoms with Crippen molar-refractivity contribution in [2.45, 2.75) is 57.6 Å². The van der Waals surface area contributed by atoms with Crippen LogP contribution >= 0.6 is 0 Å². The normalized spacial score (nSPS) is 18.2. The summed E-state index contributed by atoms with van der Waals surface area (Å²) in [5.41, 5.74) is 7.10. The lowest BCUT2D eigenvalue weighted by Gasteiger charge is -2.13. The van der Waals surface area contributed by atoms with E-state index in [1.165, 1.54) is 31.2 Å². The van der Waals surface area contributed by atoms with Crippen molar-refractivity contribution in [3.05, 3.63) is 29.8 Å². The van der Waals surface area contributed by atoms with Crippen molar-refractivity contribution >= 4 is 0 Å². The Labute approximate surface area is 104 Å². The molecule has 17 heavy (non-hydrogen) atoms. The molecule has 0 heterocycles. The number of rotatable bonds is 5. The molecule has 2 nitrogen and oxygen atoms in total. The maximum atomic E-state index is 5.93. The molecule has 0 spiro atoms. The Morgan fingerprint density at radius 1 is 1.24 bits per heavy atom. The maximum absolute atomic E-state index is 5.93. The SMILES string of the molecule is CC(N)CCc1ccc(OC2CCCC2)cc1. The summed E-state index contributed by atoms with van der Waals surface area (Å²) in [4.78, 5) is 0. The molecule has 0 aromatic heterocycles. The summed E-state index contributed by atoms with van der Waals surface area (Å²) in [6.07, 6.45) is 7.61. The molecule has 1 aromatic rings. The quantitative estimate of drug-likeness (QED) is 0.847. The van der Waals surface area contributed by atoms with Crippen molar-refractivity contribution in [2.75, 3.05) is 0 Å². The standard InChI is InChI=1S/C15H23NO/c1-12(16)6-7-13-8-10-15(11-9-13)17-14-4-2-3-5-14/h8-12,14H,2-7,16H2,1H3. The molecule has 0 bridgehead atoms. The minimum Gasteiger partial charge on any atom is -0.490 e. The molecule has 0 saturated heterocycles. The van der Waals surface area contributed by atoms with Gasteiger partial charge in [0.1, 0.15) is 5.75 Å². The van der Waals surface area contributed by atoms with Crippen molar-refractivity contribution in [2.24, 2.45) is 5.73 Å². The topological polar surface area (TPSA) is 35.2 Å². The van der Waals surface area contributed by atoms with Crippen LogP contribution < -0.4 is 10.5 Å². The van der Waals surface area contributed by atoms with Crippen LogP contribution in [0.2, 0.25) is 0 Å². The van der Waals surface area contributed by atoms with Gasteiger partial charge in [-0.3, -0.25) is 0 Å². The second kappa shape index (κ2) is 6.06. The summed E-state index contributed by atoms with van der Waals surface area (Å²) in [5, 5.41) is 0. The van der Waals surface area contributed by atoms with Crippen molar-refractivity contribution < 1.29 is 4.74 Å². The summed E-state index contributed by atoms with van der Waals surface area (Å²) in [6, 6.07) is 8.78. The zero-order valence-electron chi connectivity index (χ0n) is 10.7. The molecule has 1 atom stereocenters. The van der Waals surface area contributed by atoms with Gasteiger partial charge in [0.25, 0.3) is 0 Å². The van der Waals surface area contributed by atoms with Crippen LogP contribution in [0.15, 0.2) is 24.3 Å². The second-order valence-electron chi connectivity index (χ2n) is 5.18. The third-order valence-corrected chi connectivity index (χ3v) is 3.42. The fourth-order valence-corrected chi connectivity index (χ4v) is 2.33. The smallest absolute Gasteiger partial charge is 0.119 e. The van der Waals surface area contributed by atoms with Crippen LogP contribution in [0.4, 0.5) is 0 Å². The summed E-state index contributed by atoms with van der Waals surface area (Å²) >= 11 is 0. The molecular formula is C15H23NO. The number of hydrogen-bond acceptors (Lipinski definition) is 2. The van der Waals surface area contributed by atoms with E-state index in [0.29, 0.717) is 6.10 Å². The molecule has 2 N–H and O–H groups in total. The van der Waals surface area contributed by atoms with E-state index in [0.717, 1.165) is 18.6 Å². The van der Waals surface area contributed by atoms with Gasteiger partial charge < -0.3 is 10.5 Å². The molecule has 1 aliphatic rings. The van der Waals surface area contributed by atoms with Crippen molar-refractivity contribution in [1.82, 2.24) is 0 Å². The van der Waals surface area contributed by atoms with E-state index in [4.69, 9.17) is 10.5 Å². The lowest BCUT2D eigenvalue weighted by atomic mass is 10.1. The van der Waals surface area contributed by atoms with Gasteiger partial charge in [-0.15, -0.1) is 0 Å². The molecule has 1 unspecified atom stereocenters. The van der Waals surface area contributed by atoms with E-state index in [9.17, 15) is 0 Å². The lowest BCUT2D eigenvalue weighted by molar-refractivity contribution is 0.210. The highest BCUT2D eigenvalue weighted by Gasteiger charge is 2.16. The maximum Gasteiger partial charge on any atom is 0.119 e. The van der Waals surface area contributed by atoms with Crippen molar-refractivity contribution in [1.29, 1.82) is 0 Å². The van der Waals surface area contributed by atoms with Gasteiger partial charge in [-0.05, 0) is 63.1 Å². The molecule has 1 aromatic carbocycles. The van der Waals surface area contributed by atoms with Gasteiger partial charge in [0.05, 0.1) is 6.10 Å². The Hall–Kier alpha value is -1.02. The van der Waals surface area contributed by atoms with E-state index < -0.39 is 0 Å². The predicted molar refractivity (Wildman–Crippen MR) is 71.3 cm³/mol. The van der Waals surface area contributed by atoms with E-state index in [2.05, 4.69) is 31.2 Å². The first-order valence-electron chi connectivity index (χ1n) is 6.75. The lowest BCUT2D eigenvalue weighted by Crippen LogP contribution is -2.15. The molecule has 0 amide bonds. The Kier molecular flexibility index (Phi) is 4.43. The Balaban J connectivity index is 1.84. The second-order valence-corrected chi connectivity index (χ2v) is 5.18. The molecule has 94 valence electrons. The number of aryl methyl sites for hydroxylation is 1. The van der Waals surface area contributed by atoms with Crippen LogP contribution in [0.3, 0.4) is 0 Å². The van der Waals surface area contributed by atoms with E-state index in [-0.39, 0.29) is 6.04 Å². The van der Waals surface area contributed by atoms with Gasteiger partial charge >= 0.3 is 0 Å². The number of benzene rings is 1. The molecule has 0 radical (unpaired) electrons. The zero-order chi connectivity index (χ0) is 12.1. The Morgan fingerprint density at radius 2 is 1.88 bits per heavy atom. The molecule has 1 saturated carbocycles. The average Bonchev–Trinajstić information content (AvgIpc) is 2.81. The first-order chi connectivity index (χ1) is 8.24. The number of hydrogen-bond donors (Lipinski definition) is 1. The molecule has 2 rings (SSSR count). The van der Waals surface area contributed by atoms with Gasteiger partial charge in [-0.2, -0.15) is 0 Å². The summed E-state index contributed by atoms with van der Waals surface area (Å²) < 4.78 is 5.93. The molecule has 1 fully saturated rings. The Bertz CT molecular complexity index is 325. The summed E-state index contributed by atoms with van der Waals surface area (Å²) in [5.74, 6) is 1.02. The monoisotopic (exact) mass is 233 g/mol. The van der Waals surface area contributed by atoms with Crippen LogP contribution in [0.1, 0.15) is 44.6 Å². The number of nitrogens with two attached hydrogens (primary N) is 1. The van der Waals surface area contributed by atoms with Crippen molar-refractivity contribution in [3.8, 4) is 5.75 Å². The van der Waals surface area contributed by atoms with Gasteiger partial charge in [0.2, 0.25) is 0 Å². The van der Waals surface area contributed by atoms with Crippen LogP contribution in [0.25, 0.3) is 0 Å². The summed E-state index contributed by atoms with van der Waals surface area (Å²) in [6.45, 7) is 2.05. The minimum atomic E-state index is 0.282. The van der Waals surface area contributed by atoms with Crippen LogP contribution in [0, 0.1) is 0 Å². The molecule has 1 aliphatic carbocycles. The minimum absolute atomic E-state index is 0.282. The fourth-order valence-electron chi connectivity index (χ4n) is 2.33.